The van der Waals surface area contributed by atoms with Gasteiger partial charge < -0.3 is 15.8 Å². The summed E-state index contributed by atoms with van der Waals surface area (Å²) in [7, 11) is 0. The number of nitrogens with zero attached hydrogens (tertiary/aromatic N) is 2. The first-order chi connectivity index (χ1) is 9.08. The molecule has 0 spiro atoms. The van der Waals surface area contributed by atoms with Crippen molar-refractivity contribution in [2.24, 2.45) is 0 Å². The standard InChI is InChI=1S/C13H19N5O/c1-8(2)19-11-6-4-5-10(12(11)14)17-9(3)13-15-7-16-18-13/h4-9,17H,14H2,1-3H3,(H,15,16,18). The monoisotopic (exact) mass is 261 g/mol. The van der Waals surface area contributed by atoms with Crippen LogP contribution in [-0.2, 0) is 0 Å². The molecule has 19 heavy (non-hydrogen) atoms. The van der Waals surface area contributed by atoms with Crippen molar-refractivity contribution in [3.63, 3.8) is 0 Å². The number of anilines is 2. The molecule has 4 N–H and O–H groups in total. The molecule has 0 saturated heterocycles. The topological polar surface area (TPSA) is 88.8 Å². The maximum atomic E-state index is 6.10. The molecule has 2 aromatic rings. The Morgan fingerprint density at radius 1 is 1.32 bits per heavy atom. The largest absolute Gasteiger partial charge is 0.489 e. The number of nitrogens with two attached hydrogens (primary N) is 1. The summed E-state index contributed by atoms with van der Waals surface area (Å²) in [6.45, 7) is 5.92. The van der Waals surface area contributed by atoms with Crippen molar-refractivity contribution in [1.29, 1.82) is 0 Å². The van der Waals surface area contributed by atoms with E-state index in [1.807, 2.05) is 39.0 Å². The summed E-state index contributed by atoms with van der Waals surface area (Å²) in [5.74, 6) is 1.44. The normalized spacial score (nSPS) is 12.4. The number of hydrogen-bond donors (Lipinski definition) is 3. The van der Waals surface area contributed by atoms with E-state index in [0.717, 1.165) is 11.5 Å². The minimum atomic E-state index is -0.0147. The number of rotatable bonds is 5. The van der Waals surface area contributed by atoms with Crippen LogP contribution in [0.1, 0.15) is 32.6 Å². The molecule has 0 aliphatic heterocycles. The van der Waals surface area contributed by atoms with E-state index in [0.29, 0.717) is 11.4 Å². The van der Waals surface area contributed by atoms with Gasteiger partial charge >= 0.3 is 0 Å². The van der Waals surface area contributed by atoms with Gasteiger partial charge in [-0.3, -0.25) is 5.10 Å². The molecule has 2 rings (SSSR count). The SMILES string of the molecule is CC(C)Oc1cccc(NC(C)c2ncn[nH]2)c1N. The molecule has 0 fully saturated rings. The van der Waals surface area contributed by atoms with Gasteiger partial charge in [0.1, 0.15) is 17.9 Å². The van der Waals surface area contributed by atoms with Gasteiger partial charge in [0.15, 0.2) is 0 Å². The smallest absolute Gasteiger partial charge is 0.146 e. The van der Waals surface area contributed by atoms with E-state index in [1.54, 1.807) is 0 Å². The second-order valence-electron chi connectivity index (χ2n) is 4.62. The lowest BCUT2D eigenvalue weighted by Gasteiger charge is -2.18. The summed E-state index contributed by atoms with van der Waals surface area (Å²) in [5, 5.41) is 9.95. The Morgan fingerprint density at radius 3 is 2.74 bits per heavy atom. The first-order valence-electron chi connectivity index (χ1n) is 6.25. The first kappa shape index (κ1) is 13.2. The quantitative estimate of drug-likeness (QED) is 0.719. The minimum Gasteiger partial charge on any atom is -0.489 e. The fraction of sp³-hybridized carbons (Fsp3) is 0.385. The van der Waals surface area contributed by atoms with Crippen molar-refractivity contribution in [1.82, 2.24) is 15.2 Å². The predicted octanol–water partition coefficient (Wildman–Crippen LogP) is 2.35. The summed E-state index contributed by atoms with van der Waals surface area (Å²) in [6.07, 6.45) is 1.57. The number of ether oxygens (including phenoxy) is 1. The van der Waals surface area contributed by atoms with Crippen LogP contribution in [0.2, 0.25) is 0 Å². The predicted molar refractivity (Wildman–Crippen MR) is 75.0 cm³/mol. The van der Waals surface area contributed by atoms with Gasteiger partial charge in [-0.05, 0) is 32.9 Å². The Labute approximate surface area is 112 Å². The average molecular weight is 261 g/mol. The second-order valence-corrected chi connectivity index (χ2v) is 4.62. The Kier molecular flexibility index (Phi) is 3.89. The molecule has 1 atom stereocenters. The third-order valence-corrected chi connectivity index (χ3v) is 2.64. The molecule has 1 aromatic carbocycles. The van der Waals surface area contributed by atoms with Crippen molar-refractivity contribution in [3.05, 3.63) is 30.4 Å². The maximum Gasteiger partial charge on any atom is 0.146 e. The van der Waals surface area contributed by atoms with E-state index < -0.39 is 0 Å². The van der Waals surface area contributed by atoms with Gasteiger partial charge in [-0.1, -0.05) is 6.07 Å². The summed E-state index contributed by atoms with van der Waals surface area (Å²) in [4.78, 5) is 4.11. The lowest BCUT2D eigenvalue weighted by molar-refractivity contribution is 0.244. The van der Waals surface area contributed by atoms with Crippen LogP contribution in [0.4, 0.5) is 11.4 Å². The van der Waals surface area contributed by atoms with E-state index in [1.165, 1.54) is 6.33 Å². The number of H-pyrrole nitrogens is 1. The molecule has 0 aliphatic rings. The van der Waals surface area contributed by atoms with Gasteiger partial charge in [-0.25, -0.2) is 4.98 Å². The van der Waals surface area contributed by atoms with E-state index >= 15 is 0 Å². The van der Waals surface area contributed by atoms with Crippen LogP contribution in [0.5, 0.6) is 5.75 Å². The van der Waals surface area contributed by atoms with Crippen LogP contribution >= 0.6 is 0 Å². The van der Waals surface area contributed by atoms with Crippen LogP contribution < -0.4 is 15.8 Å². The Bertz CT molecular complexity index is 524. The van der Waals surface area contributed by atoms with Crippen LogP contribution in [0.15, 0.2) is 24.5 Å². The summed E-state index contributed by atoms with van der Waals surface area (Å²) >= 11 is 0. The van der Waals surface area contributed by atoms with Crippen LogP contribution in [0, 0.1) is 0 Å². The highest BCUT2D eigenvalue weighted by molar-refractivity contribution is 5.73. The second kappa shape index (κ2) is 5.60. The Morgan fingerprint density at radius 2 is 2.11 bits per heavy atom. The highest BCUT2D eigenvalue weighted by Crippen LogP contribution is 2.31. The number of para-hydroxylation sites is 1. The molecular weight excluding hydrogens is 242 g/mol. The van der Waals surface area contributed by atoms with Gasteiger partial charge in [-0.2, -0.15) is 5.10 Å². The molecule has 1 heterocycles. The fourth-order valence-electron chi connectivity index (χ4n) is 1.75. The highest BCUT2D eigenvalue weighted by atomic mass is 16.5. The zero-order valence-electron chi connectivity index (χ0n) is 11.3. The number of hydrogen-bond acceptors (Lipinski definition) is 5. The summed E-state index contributed by atoms with van der Waals surface area (Å²) in [5.41, 5.74) is 7.52. The van der Waals surface area contributed by atoms with Crippen molar-refractivity contribution in [2.75, 3.05) is 11.1 Å². The summed E-state index contributed by atoms with van der Waals surface area (Å²) in [6, 6.07) is 5.66. The van der Waals surface area contributed by atoms with Gasteiger partial charge in [-0.15, -0.1) is 0 Å². The fourth-order valence-corrected chi connectivity index (χ4v) is 1.75. The van der Waals surface area contributed by atoms with Crippen molar-refractivity contribution in [3.8, 4) is 5.75 Å². The average Bonchev–Trinajstić information content (AvgIpc) is 2.87. The molecule has 6 nitrogen and oxygen atoms in total. The molecule has 0 radical (unpaired) electrons. The number of aromatic amines is 1. The Hall–Kier alpha value is -2.24. The van der Waals surface area contributed by atoms with Crippen molar-refractivity contribution in [2.45, 2.75) is 32.9 Å². The number of nitrogen functional groups attached to an aromatic ring is 1. The Balaban J connectivity index is 2.16. The van der Waals surface area contributed by atoms with Gasteiger partial charge in [0.25, 0.3) is 0 Å². The number of aromatic nitrogens is 3. The molecule has 1 unspecified atom stereocenters. The zero-order chi connectivity index (χ0) is 13.8. The molecular formula is C13H19N5O. The molecule has 102 valence electrons. The van der Waals surface area contributed by atoms with Gasteiger partial charge in [0.2, 0.25) is 0 Å². The molecule has 0 bridgehead atoms. The zero-order valence-corrected chi connectivity index (χ0v) is 11.3. The van der Waals surface area contributed by atoms with E-state index in [4.69, 9.17) is 10.5 Å². The maximum absolute atomic E-state index is 6.10. The highest BCUT2D eigenvalue weighted by Gasteiger charge is 2.12. The molecule has 6 heteroatoms. The van der Waals surface area contributed by atoms with E-state index in [-0.39, 0.29) is 12.1 Å². The van der Waals surface area contributed by atoms with Crippen molar-refractivity contribution >= 4 is 11.4 Å². The third-order valence-electron chi connectivity index (χ3n) is 2.64. The molecule has 1 aromatic heterocycles. The molecule has 0 amide bonds. The van der Waals surface area contributed by atoms with E-state index in [2.05, 4.69) is 20.5 Å². The molecule has 0 saturated carbocycles. The van der Waals surface area contributed by atoms with Crippen LogP contribution in [0.25, 0.3) is 0 Å². The lowest BCUT2D eigenvalue weighted by Crippen LogP contribution is -2.12. The minimum absolute atomic E-state index is 0.0147. The van der Waals surface area contributed by atoms with Gasteiger partial charge in [0, 0.05) is 0 Å². The van der Waals surface area contributed by atoms with E-state index in [9.17, 15) is 0 Å². The van der Waals surface area contributed by atoms with Crippen LogP contribution in [-0.4, -0.2) is 21.3 Å². The van der Waals surface area contributed by atoms with Crippen molar-refractivity contribution < 1.29 is 4.74 Å². The van der Waals surface area contributed by atoms with Crippen LogP contribution in [0.3, 0.4) is 0 Å². The van der Waals surface area contributed by atoms with Gasteiger partial charge in [0.05, 0.1) is 23.5 Å². The molecule has 0 aliphatic carbocycles. The number of nitrogens with one attached hydrogen (secondary N) is 2. The lowest BCUT2D eigenvalue weighted by atomic mass is 10.2. The number of benzene rings is 1. The third kappa shape index (κ3) is 3.15. The summed E-state index contributed by atoms with van der Waals surface area (Å²) < 4.78 is 5.66. The first-order valence-corrected chi connectivity index (χ1v) is 6.25.